The van der Waals surface area contributed by atoms with Gasteiger partial charge in [0.1, 0.15) is 0 Å². The Hall–Kier alpha value is -0.880. The Balaban J connectivity index is 3.38. The highest BCUT2D eigenvalue weighted by Crippen LogP contribution is 2.19. The molecular weight excluding hydrogens is 484 g/mol. The molecule has 6 heteroatoms. The first-order valence-corrected chi connectivity index (χ1v) is 17.3. The normalized spacial score (nSPS) is 11.5. The first-order chi connectivity index (χ1) is 17.7. The number of nitrogens with one attached hydrogen (secondary N) is 2. The number of allylic oxidation sites excluding steroid dienone is 2. The molecule has 4 nitrogen and oxygen atoms in total. The third-order valence-electron chi connectivity index (χ3n) is 6.04. The third-order valence-corrected chi connectivity index (χ3v) is 8.45. The summed E-state index contributed by atoms with van der Waals surface area (Å²) in [5.74, 6) is 1.75. The Morgan fingerprint density at radius 3 is 1.22 bits per heavy atom. The standard InChI is InChI=1S/C30H56N2O2S2/c1-3-5-7-9-11-13-15-17-19-21-23-29(33)31-25-27-35-36-28-26-32-30(34)24-22-20-18-16-14-12-10-8-6-4-2/h21-24H,3-20,25-28H2,1-2H3,(H,31,33)(H,32,34). The summed E-state index contributed by atoms with van der Waals surface area (Å²) < 4.78 is 0. The van der Waals surface area contributed by atoms with Crippen LogP contribution in [0.15, 0.2) is 24.3 Å². The maximum atomic E-state index is 11.8. The lowest BCUT2D eigenvalue weighted by molar-refractivity contribution is -0.117. The molecule has 210 valence electrons. The molecule has 0 atom stereocenters. The third kappa shape index (κ3) is 29.4. The first-order valence-electron chi connectivity index (χ1n) is 14.8. The van der Waals surface area contributed by atoms with E-state index in [4.69, 9.17) is 0 Å². The maximum Gasteiger partial charge on any atom is 0.243 e. The number of carbonyl (C=O) groups is 2. The molecule has 0 aromatic heterocycles. The van der Waals surface area contributed by atoms with E-state index in [1.165, 1.54) is 103 Å². The molecule has 36 heavy (non-hydrogen) atoms. The molecule has 0 aliphatic rings. The predicted octanol–water partition coefficient (Wildman–Crippen LogP) is 8.77. The zero-order chi connectivity index (χ0) is 26.4. The molecule has 0 aromatic carbocycles. The average Bonchev–Trinajstić information content (AvgIpc) is 2.87. The molecule has 0 fully saturated rings. The molecule has 0 heterocycles. The van der Waals surface area contributed by atoms with E-state index < -0.39 is 0 Å². The molecule has 0 aromatic rings. The average molecular weight is 541 g/mol. The van der Waals surface area contributed by atoms with Gasteiger partial charge in [0.25, 0.3) is 0 Å². The van der Waals surface area contributed by atoms with Crippen molar-refractivity contribution >= 4 is 33.4 Å². The zero-order valence-corrected chi connectivity index (χ0v) is 25.1. The molecule has 0 saturated carbocycles. The van der Waals surface area contributed by atoms with Gasteiger partial charge in [-0.15, -0.1) is 0 Å². The summed E-state index contributed by atoms with van der Waals surface area (Å²) in [6, 6.07) is 0. The second-order valence-corrected chi connectivity index (χ2v) is 12.3. The van der Waals surface area contributed by atoms with Gasteiger partial charge in [-0.3, -0.25) is 9.59 Å². The molecule has 0 aliphatic heterocycles. The van der Waals surface area contributed by atoms with E-state index in [-0.39, 0.29) is 11.8 Å². The van der Waals surface area contributed by atoms with Crippen LogP contribution in [0.2, 0.25) is 0 Å². The summed E-state index contributed by atoms with van der Waals surface area (Å²) in [5.41, 5.74) is 0. The van der Waals surface area contributed by atoms with Gasteiger partial charge in [-0.05, 0) is 37.8 Å². The molecular formula is C30H56N2O2S2. The highest BCUT2D eigenvalue weighted by Gasteiger charge is 1.98. The van der Waals surface area contributed by atoms with Crippen LogP contribution in [0.1, 0.15) is 129 Å². The Morgan fingerprint density at radius 1 is 0.528 bits per heavy atom. The van der Waals surface area contributed by atoms with Crippen LogP contribution in [0.5, 0.6) is 0 Å². The van der Waals surface area contributed by atoms with Crippen LogP contribution in [0.3, 0.4) is 0 Å². The fraction of sp³-hybridized carbons (Fsp3) is 0.800. The summed E-state index contributed by atoms with van der Waals surface area (Å²) >= 11 is 0. The van der Waals surface area contributed by atoms with Crippen LogP contribution in [-0.2, 0) is 9.59 Å². The van der Waals surface area contributed by atoms with E-state index in [2.05, 4.69) is 24.5 Å². The topological polar surface area (TPSA) is 58.2 Å². The van der Waals surface area contributed by atoms with Crippen LogP contribution in [0, 0.1) is 0 Å². The van der Waals surface area contributed by atoms with Gasteiger partial charge in [0, 0.05) is 24.6 Å². The molecule has 0 radical (unpaired) electrons. The van der Waals surface area contributed by atoms with Gasteiger partial charge in [0.15, 0.2) is 0 Å². The van der Waals surface area contributed by atoms with Crippen molar-refractivity contribution in [2.45, 2.75) is 129 Å². The summed E-state index contributed by atoms with van der Waals surface area (Å²) in [7, 11) is 3.47. The largest absolute Gasteiger partial charge is 0.352 e. The van der Waals surface area contributed by atoms with Crippen molar-refractivity contribution in [2.75, 3.05) is 24.6 Å². The number of amides is 2. The fourth-order valence-electron chi connectivity index (χ4n) is 3.84. The van der Waals surface area contributed by atoms with E-state index in [9.17, 15) is 9.59 Å². The second-order valence-electron chi connectivity index (χ2n) is 9.56. The molecule has 2 amide bonds. The van der Waals surface area contributed by atoms with E-state index in [1.54, 1.807) is 33.7 Å². The van der Waals surface area contributed by atoms with E-state index in [1.807, 2.05) is 12.2 Å². The van der Waals surface area contributed by atoms with Crippen LogP contribution in [0.4, 0.5) is 0 Å². The van der Waals surface area contributed by atoms with Crippen LogP contribution in [0.25, 0.3) is 0 Å². The number of hydrogen-bond acceptors (Lipinski definition) is 4. The van der Waals surface area contributed by atoms with Crippen molar-refractivity contribution in [3.8, 4) is 0 Å². The molecule has 0 spiro atoms. The summed E-state index contributed by atoms with van der Waals surface area (Å²) in [6.07, 6.45) is 30.4. The van der Waals surface area contributed by atoms with E-state index in [0.717, 1.165) is 24.3 Å². The van der Waals surface area contributed by atoms with Crippen molar-refractivity contribution in [3.63, 3.8) is 0 Å². The van der Waals surface area contributed by atoms with Gasteiger partial charge in [0.05, 0.1) is 0 Å². The molecule has 0 bridgehead atoms. The van der Waals surface area contributed by atoms with Gasteiger partial charge >= 0.3 is 0 Å². The quantitative estimate of drug-likeness (QED) is 0.0621. The van der Waals surface area contributed by atoms with Crippen LogP contribution in [-0.4, -0.2) is 36.4 Å². The van der Waals surface area contributed by atoms with Crippen LogP contribution < -0.4 is 10.6 Å². The zero-order valence-electron chi connectivity index (χ0n) is 23.5. The molecule has 0 saturated heterocycles. The second kappa shape index (κ2) is 30.3. The van der Waals surface area contributed by atoms with Crippen molar-refractivity contribution < 1.29 is 9.59 Å². The first kappa shape index (κ1) is 35.1. The van der Waals surface area contributed by atoms with Gasteiger partial charge in [-0.25, -0.2) is 0 Å². The van der Waals surface area contributed by atoms with Crippen molar-refractivity contribution in [2.24, 2.45) is 0 Å². The Bertz CT molecular complexity index is 505. The van der Waals surface area contributed by atoms with Gasteiger partial charge in [-0.2, -0.15) is 0 Å². The van der Waals surface area contributed by atoms with Crippen LogP contribution >= 0.6 is 21.6 Å². The Morgan fingerprint density at radius 2 is 0.861 bits per heavy atom. The summed E-state index contributed by atoms with van der Waals surface area (Å²) in [5, 5.41) is 5.87. The van der Waals surface area contributed by atoms with Gasteiger partial charge in [-0.1, -0.05) is 137 Å². The van der Waals surface area contributed by atoms with E-state index in [0.29, 0.717) is 13.1 Å². The molecule has 2 N–H and O–H groups in total. The highest BCUT2D eigenvalue weighted by molar-refractivity contribution is 8.76. The number of rotatable bonds is 27. The molecule has 0 unspecified atom stereocenters. The predicted molar refractivity (Wildman–Crippen MR) is 164 cm³/mol. The number of unbranched alkanes of at least 4 members (excludes halogenated alkanes) is 16. The smallest absolute Gasteiger partial charge is 0.243 e. The summed E-state index contributed by atoms with van der Waals surface area (Å²) in [4.78, 5) is 23.7. The fourth-order valence-corrected chi connectivity index (χ4v) is 5.65. The number of hydrogen-bond donors (Lipinski definition) is 2. The Labute approximate surface area is 231 Å². The molecule has 0 rings (SSSR count). The Kier molecular flexibility index (Phi) is 29.6. The van der Waals surface area contributed by atoms with Gasteiger partial charge < -0.3 is 10.6 Å². The van der Waals surface area contributed by atoms with E-state index >= 15 is 0 Å². The minimum Gasteiger partial charge on any atom is -0.352 e. The minimum atomic E-state index is 0.00573. The maximum absolute atomic E-state index is 11.8. The highest BCUT2D eigenvalue weighted by atomic mass is 33.1. The summed E-state index contributed by atoms with van der Waals surface area (Å²) in [6.45, 7) is 5.85. The lowest BCUT2D eigenvalue weighted by Gasteiger charge is -2.04. The monoisotopic (exact) mass is 540 g/mol. The molecule has 0 aliphatic carbocycles. The lowest BCUT2D eigenvalue weighted by Crippen LogP contribution is -2.24. The van der Waals surface area contributed by atoms with Gasteiger partial charge in [0.2, 0.25) is 11.8 Å². The SMILES string of the molecule is CCCCCCCCCCC=CC(=O)NCCSSCCNC(=O)C=CCCCCCCCCCC. The van der Waals surface area contributed by atoms with Crippen molar-refractivity contribution in [1.29, 1.82) is 0 Å². The van der Waals surface area contributed by atoms with Crippen molar-refractivity contribution in [1.82, 2.24) is 10.6 Å². The van der Waals surface area contributed by atoms with Crippen molar-refractivity contribution in [3.05, 3.63) is 24.3 Å². The number of carbonyl (C=O) groups excluding carboxylic acids is 2. The minimum absolute atomic E-state index is 0.00573. The lowest BCUT2D eigenvalue weighted by atomic mass is 10.1.